The van der Waals surface area contributed by atoms with E-state index in [4.69, 9.17) is 4.74 Å². The average molecular weight is 424 g/mol. The molecule has 2 aromatic rings. The van der Waals surface area contributed by atoms with Gasteiger partial charge >= 0.3 is 0 Å². The lowest BCUT2D eigenvalue weighted by molar-refractivity contribution is 0.0638. The van der Waals surface area contributed by atoms with Gasteiger partial charge in [-0.05, 0) is 43.2 Å². The molecule has 0 atom stereocenters. The quantitative estimate of drug-likeness (QED) is 0.438. The summed E-state index contributed by atoms with van der Waals surface area (Å²) in [5.41, 5.74) is 1.31. The first kappa shape index (κ1) is 22.1. The van der Waals surface area contributed by atoms with Gasteiger partial charge in [0.25, 0.3) is 23.6 Å². The third kappa shape index (κ3) is 5.32. The SMILES string of the molecule is COCCCN1C(=O)c2ccc(C(=O)NCCCNC(=O)c3cccnc3)cc2C1=O. The molecule has 9 heteroatoms. The molecule has 9 nitrogen and oxygen atoms in total. The van der Waals surface area contributed by atoms with E-state index in [9.17, 15) is 19.2 Å². The standard InChI is InChI=1S/C22H24N4O5/c1-31-12-4-11-26-21(29)17-7-6-15(13-18(17)22(26)30)19(27)24-9-3-10-25-20(28)16-5-2-8-23-14-16/h2,5-8,13-14H,3-4,9-12H2,1H3,(H,24,27)(H,25,28). The van der Waals surface area contributed by atoms with Crippen molar-refractivity contribution in [1.29, 1.82) is 0 Å². The lowest BCUT2D eigenvalue weighted by Crippen LogP contribution is -2.31. The fourth-order valence-corrected chi connectivity index (χ4v) is 3.20. The summed E-state index contributed by atoms with van der Waals surface area (Å²) in [6.07, 6.45) is 4.16. The Hall–Kier alpha value is -3.59. The highest BCUT2D eigenvalue weighted by atomic mass is 16.5. The van der Waals surface area contributed by atoms with Gasteiger partial charge in [0.05, 0.1) is 16.7 Å². The number of hydrogen-bond donors (Lipinski definition) is 2. The molecule has 0 radical (unpaired) electrons. The van der Waals surface area contributed by atoms with Crippen LogP contribution < -0.4 is 10.6 Å². The van der Waals surface area contributed by atoms with Gasteiger partial charge < -0.3 is 15.4 Å². The van der Waals surface area contributed by atoms with E-state index >= 15 is 0 Å². The number of carbonyl (C=O) groups excluding carboxylic acids is 4. The Bertz CT molecular complexity index is 977. The van der Waals surface area contributed by atoms with E-state index in [-0.39, 0.29) is 29.8 Å². The van der Waals surface area contributed by atoms with Crippen molar-refractivity contribution in [3.05, 3.63) is 65.0 Å². The summed E-state index contributed by atoms with van der Waals surface area (Å²) in [7, 11) is 1.56. The minimum Gasteiger partial charge on any atom is -0.385 e. The van der Waals surface area contributed by atoms with Crippen LogP contribution in [0.25, 0.3) is 0 Å². The highest BCUT2D eigenvalue weighted by molar-refractivity contribution is 6.22. The van der Waals surface area contributed by atoms with Crippen molar-refractivity contribution in [2.45, 2.75) is 12.8 Å². The second kappa shape index (κ2) is 10.4. The van der Waals surface area contributed by atoms with Gasteiger partial charge in [0.15, 0.2) is 0 Å². The van der Waals surface area contributed by atoms with Crippen LogP contribution in [-0.2, 0) is 4.74 Å². The zero-order chi connectivity index (χ0) is 22.2. The van der Waals surface area contributed by atoms with Crippen LogP contribution in [0.15, 0.2) is 42.7 Å². The molecule has 0 unspecified atom stereocenters. The summed E-state index contributed by atoms with van der Waals surface area (Å²) in [5, 5.41) is 5.51. The van der Waals surface area contributed by atoms with Crippen molar-refractivity contribution >= 4 is 23.6 Å². The smallest absolute Gasteiger partial charge is 0.261 e. The monoisotopic (exact) mass is 424 g/mol. The maximum Gasteiger partial charge on any atom is 0.261 e. The van der Waals surface area contributed by atoms with Crippen molar-refractivity contribution < 1.29 is 23.9 Å². The van der Waals surface area contributed by atoms with Gasteiger partial charge in [0.2, 0.25) is 0 Å². The topological polar surface area (TPSA) is 118 Å². The number of imide groups is 1. The second-order valence-electron chi connectivity index (χ2n) is 6.98. The third-order valence-corrected chi connectivity index (χ3v) is 4.81. The van der Waals surface area contributed by atoms with Crippen LogP contribution in [-0.4, -0.2) is 66.9 Å². The summed E-state index contributed by atoms with van der Waals surface area (Å²) < 4.78 is 4.96. The molecule has 0 bridgehead atoms. The maximum atomic E-state index is 12.5. The predicted molar refractivity (Wildman–Crippen MR) is 112 cm³/mol. The van der Waals surface area contributed by atoms with Gasteiger partial charge in [-0.15, -0.1) is 0 Å². The number of benzene rings is 1. The third-order valence-electron chi connectivity index (χ3n) is 4.81. The fourth-order valence-electron chi connectivity index (χ4n) is 3.20. The number of pyridine rings is 1. The van der Waals surface area contributed by atoms with Crippen molar-refractivity contribution in [1.82, 2.24) is 20.5 Å². The van der Waals surface area contributed by atoms with Crippen LogP contribution in [0, 0.1) is 0 Å². The Kier molecular flexibility index (Phi) is 7.45. The molecular weight excluding hydrogens is 400 g/mol. The molecular formula is C22H24N4O5. The molecule has 1 aliphatic heterocycles. The largest absolute Gasteiger partial charge is 0.385 e. The Morgan fingerprint density at radius 3 is 2.35 bits per heavy atom. The summed E-state index contributed by atoms with van der Waals surface area (Å²) in [6, 6.07) is 7.84. The van der Waals surface area contributed by atoms with E-state index < -0.39 is 5.91 Å². The summed E-state index contributed by atoms with van der Waals surface area (Å²) in [5.74, 6) is -1.33. The van der Waals surface area contributed by atoms with Crippen molar-refractivity contribution in [3.63, 3.8) is 0 Å². The molecule has 0 fully saturated rings. The lowest BCUT2D eigenvalue weighted by Gasteiger charge is -2.12. The number of carbonyl (C=O) groups is 4. The number of nitrogens with zero attached hydrogens (tertiary/aromatic N) is 2. The molecule has 0 saturated heterocycles. The zero-order valence-electron chi connectivity index (χ0n) is 17.2. The molecule has 0 saturated carbocycles. The number of methoxy groups -OCH3 is 1. The molecule has 0 aliphatic carbocycles. The summed E-state index contributed by atoms with van der Waals surface area (Å²) in [4.78, 5) is 54.4. The van der Waals surface area contributed by atoms with Crippen LogP contribution >= 0.6 is 0 Å². The summed E-state index contributed by atoms with van der Waals surface area (Å²) >= 11 is 0. The Morgan fingerprint density at radius 2 is 1.68 bits per heavy atom. The van der Waals surface area contributed by atoms with E-state index in [2.05, 4.69) is 15.6 Å². The maximum absolute atomic E-state index is 12.5. The molecule has 2 N–H and O–H groups in total. The van der Waals surface area contributed by atoms with Crippen LogP contribution in [0.1, 0.15) is 54.3 Å². The first-order valence-corrected chi connectivity index (χ1v) is 9.98. The Morgan fingerprint density at radius 1 is 0.968 bits per heavy atom. The number of fused-ring (bicyclic) bond motifs is 1. The van der Waals surface area contributed by atoms with Gasteiger partial charge in [0.1, 0.15) is 0 Å². The first-order valence-electron chi connectivity index (χ1n) is 9.98. The van der Waals surface area contributed by atoms with E-state index in [1.807, 2.05) is 0 Å². The molecule has 162 valence electrons. The first-order chi connectivity index (χ1) is 15.0. The fraction of sp³-hybridized carbons (Fsp3) is 0.318. The molecule has 3 rings (SSSR count). The van der Waals surface area contributed by atoms with Crippen molar-refractivity contribution in [2.75, 3.05) is 33.4 Å². The van der Waals surface area contributed by atoms with E-state index in [0.29, 0.717) is 49.2 Å². The normalized spacial score (nSPS) is 12.6. The molecule has 4 amide bonds. The zero-order valence-corrected chi connectivity index (χ0v) is 17.2. The summed E-state index contributed by atoms with van der Waals surface area (Å²) in [6.45, 7) is 1.46. The van der Waals surface area contributed by atoms with Crippen LogP contribution in [0.4, 0.5) is 0 Å². The highest BCUT2D eigenvalue weighted by Gasteiger charge is 2.35. The molecule has 31 heavy (non-hydrogen) atoms. The molecule has 1 aromatic heterocycles. The number of rotatable bonds is 10. The van der Waals surface area contributed by atoms with Crippen LogP contribution in [0.5, 0.6) is 0 Å². The molecule has 0 spiro atoms. The second-order valence-corrected chi connectivity index (χ2v) is 6.98. The number of aromatic nitrogens is 1. The predicted octanol–water partition coefficient (Wildman–Crippen LogP) is 1.26. The number of ether oxygens (including phenoxy) is 1. The van der Waals surface area contributed by atoms with Gasteiger partial charge in [0, 0.05) is 51.3 Å². The number of hydrogen-bond acceptors (Lipinski definition) is 6. The lowest BCUT2D eigenvalue weighted by atomic mass is 10.1. The minimum atomic E-state index is -0.399. The van der Waals surface area contributed by atoms with Crippen LogP contribution in [0.3, 0.4) is 0 Å². The van der Waals surface area contributed by atoms with E-state index in [1.165, 1.54) is 29.3 Å². The Labute approximate surface area is 179 Å². The molecule has 1 aliphatic rings. The number of nitrogens with one attached hydrogen (secondary N) is 2. The van der Waals surface area contributed by atoms with E-state index in [1.54, 1.807) is 25.4 Å². The average Bonchev–Trinajstić information content (AvgIpc) is 3.03. The minimum absolute atomic E-state index is 0.226. The van der Waals surface area contributed by atoms with Gasteiger partial charge in [-0.25, -0.2) is 0 Å². The molecule has 2 heterocycles. The van der Waals surface area contributed by atoms with Gasteiger partial charge in [-0.2, -0.15) is 0 Å². The molecule has 1 aromatic carbocycles. The van der Waals surface area contributed by atoms with Gasteiger partial charge in [-0.3, -0.25) is 29.1 Å². The van der Waals surface area contributed by atoms with Crippen LogP contribution in [0.2, 0.25) is 0 Å². The van der Waals surface area contributed by atoms with E-state index in [0.717, 1.165) is 0 Å². The van der Waals surface area contributed by atoms with Crippen molar-refractivity contribution in [3.8, 4) is 0 Å². The van der Waals surface area contributed by atoms with Gasteiger partial charge in [-0.1, -0.05) is 0 Å². The number of amides is 4. The Balaban J connectivity index is 1.48. The van der Waals surface area contributed by atoms with Crippen molar-refractivity contribution in [2.24, 2.45) is 0 Å². The highest BCUT2D eigenvalue weighted by Crippen LogP contribution is 2.24.